The zero-order chi connectivity index (χ0) is 13.9. The molecule has 20 heavy (non-hydrogen) atoms. The van der Waals surface area contributed by atoms with Gasteiger partial charge in [-0.1, -0.05) is 35.5 Å². The zero-order valence-electron chi connectivity index (χ0n) is 10.7. The number of carbonyl (C=O) groups is 1. The summed E-state index contributed by atoms with van der Waals surface area (Å²) in [6, 6.07) is 15.0. The van der Waals surface area contributed by atoms with Crippen molar-refractivity contribution in [2.45, 2.75) is 6.54 Å². The van der Waals surface area contributed by atoms with Crippen LogP contribution >= 0.6 is 0 Å². The number of nitrogen functional groups attached to an aromatic ring is 1. The van der Waals surface area contributed by atoms with Gasteiger partial charge in [0.25, 0.3) is 5.91 Å². The van der Waals surface area contributed by atoms with Crippen LogP contribution in [-0.2, 0) is 6.54 Å². The van der Waals surface area contributed by atoms with E-state index in [1.807, 2.05) is 36.4 Å². The topological polar surface area (TPSA) is 85.8 Å². The molecule has 3 aromatic rings. The molecule has 0 saturated heterocycles. The highest BCUT2D eigenvalue weighted by molar-refractivity contribution is 5.95. The van der Waals surface area contributed by atoms with E-state index >= 15 is 0 Å². The third-order valence-electron chi connectivity index (χ3n) is 3.13. The Kier molecular flexibility index (Phi) is 3.14. The maximum absolute atomic E-state index is 11.7. The summed E-state index contributed by atoms with van der Waals surface area (Å²) in [7, 11) is 0. The minimum Gasteiger partial charge on any atom is -0.290 e. The number of rotatable bonds is 3. The van der Waals surface area contributed by atoms with Crippen LogP contribution in [0.2, 0.25) is 0 Å². The van der Waals surface area contributed by atoms with Gasteiger partial charge in [0.2, 0.25) is 0 Å². The first kappa shape index (κ1) is 12.3. The molecule has 0 unspecified atom stereocenters. The Morgan fingerprint density at radius 1 is 1.15 bits per heavy atom. The van der Waals surface area contributed by atoms with Crippen molar-refractivity contribution >= 4 is 16.9 Å². The summed E-state index contributed by atoms with van der Waals surface area (Å²) in [5.74, 6) is 4.89. The summed E-state index contributed by atoms with van der Waals surface area (Å²) in [5.41, 5.74) is 5.28. The van der Waals surface area contributed by atoms with E-state index in [0.717, 1.165) is 16.6 Å². The molecule has 2 aromatic carbocycles. The van der Waals surface area contributed by atoms with Crippen molar-refractivity contribution in [2.75, 3.05) is 0 Å². The molecule has 0 spiro atoms. The summed E-state index contributed by atoms with van der Waals surface area (Å²) >= 11 is 0. The monoisotopic (exact) mass is 267 g/mol. The van der Waals surface area contributed by atoms with Gasteiger partial charge in [-0.25, -0.2) is 10.5 Å². The molecular weight excluding hydrogens is 254 g/mol. The van der Waals surface area contributed by atoms with Gasteiger partial charge in [-0.3, -0.25) is 10.2 Å². The van der Waals surface area contributed by atoms with Crippen LogP contribution in [0.4, 0.5) is 0 Å². The molecule has 3 rings (SSSR count). The first-order chi connectivity index (χ1) is 9.79. The number of hydrogen-bond donors (Lipinski definition) is 2. The fraction of sp³-hybridized carbons (Fsp3) is 0.0714. The number of nitrogens with zero attached hydrogens (tertiary/aromatic N) is 3. The molecule has 0 bridgehead atoms. The number of amides is 1. The second-order valence-corrected chi connectivity index (χ2v) is 4.37. The first-order valence-corrected chi connectivity index (χ1v) is 6.16. The third kappa shape index (κ3) is 2.12. The lowest BCUT2D eigenvalue weighted by Crippen LogP contribution is -2.31. The molecular formula is C14H13N5O. The van der Waals surface area contributed by atoms with Crippen molar-refractivity contribution in [1.82, 2.24) is 20.4 Å². The number of benzene rings is 2. The van der Waals surface area contributed by atoms with E-state index in [9.17, 15) is 4.79 Å². The van der Waals surface area contributed by atoms with Gasteiger partial charge < -0.3 is 0 Å². The normalized spacial score (nSPS) is 10.7. The van der Waals surface area contributed by atoms with Gasteiger partial charge in [0.05, 0.1) is 12.1 Å². The summed E-state index contributed by atoms with van der Waals surface area (Å²) in [6.45, 7) is 0.462. The Bertz CT molecular complexity index is 765. The van der Waals surface area contributed by atoms with Crippen molar-refractivity contribution in [3.05, 3.63) is 59.7 Å². The number of fused-ring (bicyclic) bond motifs is 1. The molecule has 0 aliphatic heterocycles. The molecule has 100 valence electrons. The molecule has 1 aromatic heterocycles. The van der Waals surface area contributed by atoms with Gasteiger partial charge in [0.1, 0.15) is 5.52 Å². The number of nitrogens with two attached hydrogens (primary N) is 1. The lowest BCUT2D eigenvalue weighted by atomic mass is 10.1. The highest BCUT2D eigenvalue weighted by Gasteiger charge is 2.11. The van der Waals surface area contributed by atoms with Crippen LogP contribution in [0, 0.1) is 0 Å². The van der Waals surface area contributed by atoms with Gasteiger partial charge in [-0.15, -0.1) is 5.10 Å². The largest absolute Gasteiger partial charge is 0.290 e. The SMILES string of the molecule is NNC(=O)c1ccccc1Cn1nnc2ccccc21. The summed E-state index contributed by atoms with van der Waals surface area (Å²) in [6.07, 6.45) is 0. The van der Waals surface area contributed by atoms with E-state index in [1.165, 1.54) is 0 Å². The molecule has 1 heterocycles. The second kappa shape index (κ2) is 5.10. The minimum absolute atomic E-state index is 0.315. The molecule has 3 N–H and O–H groups in total. The van der Waals surface area contributed by atoms with Crippen molar-refractivity contribution in [3.63, 3.8) is 0 Å². The zero-order valence-corrected chi connectivity index (χ0v) is 10.7. The molecule has 0 aliphatic carbocycles. The smallest absolute Gasteiger partial charge is 0.265 e. The van der Waals surface area contributed by atoms with Crippen molar-refractivity contribution in [2.24, 2.45) is 5.84 Å². The van der Waals surface area contributed by atoms with Crippen LogP contribution in [0.5, 0.6) is 0 Å². The van der Waals surface area contributed by atoms with Crippen LogP contribution in [0.25, 0.3) is 11.0 Å². The molecule has 0 fully saturated rings. The predicted octanol–water partition coefficient (Wildman–Crippen LogP) is 1.08. The van der Waals surface area contributed by atoms with Crippen LogP contribution < -0.4 is 11.3 Å². The first-order valence-electron chi connectivity index (χ1n) is 6.16. The van der Waals surface area contributed by atoms with Crippen molar-refractivity contribution in [3.8, 4) is 0 Å². The standard InChI is InChI=1S/C14H13N5O/c15-16-14(20)11-6-2-1-5-10(11)9-19-13-8-4-3-7-12(13)17-18-19/h1-8H,9,15H2,(H,16,20). The average Bonchev–Trinajstić information content (AvgIpc) is 2.90. The Hall–Kier alpha value is -2.73. The lowest BCUT2D eigenvalue weighted by molar-refractivity contribution is 0.0952. The highest BCUT2D eigenvalue weighted by Crippen LogP contribution is 2.14. The maximum Gasteiger partial charge on any atom is 0.265 e. The lowest BCUT2D eigenvalue weighted by Gasteiger charge is -2.08. The fourth-order valence-electron chi connectivity index (χ4n) is 2.15. The second-order valence-electron chi connectivity index (χ2n) is 4.37. The Morgan fingerprint density at radius 3 is 2.75 bits per heavy atom. The summed E-state index contributed by atoms with van der Waals surface area (Å²) in [4.78, 5) is 11.7. The van der Waals surface area contributed by atoms with Crippen LogP contribution in [0.3, 0.4) is 0 Å². The van der Waals surface area contributed by atoms with Crippen LogP contribution in [-0.4, -0.2) is 20.9 Å². The number of aromatic nitrogens is 3. The number of hydrazine groups is 1. The average molecular weight is 267 g/mol. The van der Waals surface area contributed by atoms with Gasteiger partial charge in [0.15, 0.2) is 0 Å². The van der Waals surface area contributed by atoms with E-state index < -0.39 is 0 Å². The number of carbonyl (C=O) groups excluding carboxylic acids is 1. The molecule has 0 radical (unpaired) electrons. The third-order valence-corrected chi connectivity index (χ3v) is 3.13. The summed E-state index contributed by atoms with van der Waals surface area (Å²) < 4.78 is 1.76. The molecule has 6 heteroatoms. The molecule has 1 amide bonds. The van der Waals surface area contributed by atoms with Gasteiger partial charge in [-0.05, 0) is 23.8 Å². The number of hydrogen-bond acceptors (Lipinski definition) is 4. The van der Waals surface area contributed by atoms with E-state index in [1.54, 1.807) is 16.8 Å². The van der Waals surface area contributed by atoms with E-state index in [-0.39, 0.29) is 5.91 Å². The minimum atomic E-state index is -0.315. The Morgan fingerprint density at radius 2 is 1.90 bits per heavy atom. The van der Waals surface area contributed by atoms with Crippen molar-refractivity contribution in [1.29, 1.82) is 0 Å². The van der Waals surface area contributed by atoms with Gasteiger partial charge in [0, 0.05) is 5.56 Å². The number of nitrogens with one attached hydrogen (secondary N) is 1. The molecule has 0 atom stereocenters. The van der Waals surface area contributed by atoms with Crippen LogP contribution in [0.15, 0.2) is 48.5 Å². The molecule has 0 saturated carbocycles. The van der Waals surface area contributed by atoms with Gasteiger partial charge >= 0.3 is 0 Å². The number of para-hydroxylation sites is 1. The molecule has 6 nitrogen and oxygen atoms in total. The predicted molar refractivity (Wildman–Crippen MR) is 74.7 cm³/mol. The van der Waals surface area contributed by atoms with E-state index in [2.05, 4.69) is 15.7 Å². The quantitative estimate of drug-likeness (QED) is 0.422. The Labute approximate surface area is 115 Å². The fourth-order valence-corrected chi connectivity index (χ4v) is 2.15. The Balaban J connectivity index is 2.01. The van der Waals surface area contributed by atoms with E-state index in [4.69, 9.17) is 5.84 Å². The summed E-state index contributed by atoms with van der Waals surface area (Å²) in [5, 5.41) is 8.22. The maximum atomic E-state index is 11.7. The highest BCUT2D eigenvalue weighted by atomic mass is 16.2. The van der Waals surface area contributed by atoms with Crippen molar-refractivity contribution < 1.29 is 4.79 Å². The van der Waals surface area contributed by atoms with E-state index in [0.29, 0.717) is 12.1 Å². The van der Waals surface area contributed by atoms with Crippen LogP contribution in [0.1, 0.15) is 15.9 Å². The molecule has 0 aliphatic rings. The van der Waals surface area contributed by atoms with Gasteiger partial charge in [-0.2, -0.15) is 0 Å².